The van der Waals surface area contributed by atoms with Gasteiger partial charge in [-0.2, -0.15) is 22.0 Å². The van der Waals surface area contributed by atoms with Gasteiger partial charge in [-0.05, 0) is 58.7 Å². The number of alkyl halides is 5. The van der Waals surface area contributed by atoms with Crippen LogP contribution in [0.4, 0.5) is 22.0 Å². The standard InChI is InChI=1S/C19H13F5O2S/c1-27(25,26)15-8-4-13(5-9-15)17-11-18(20,21)10-16(17)12-2-6-14(7-3-12)19(22,23)24/h2-11H,1H3. The van der Waals surface area contributed by atoms with Gasteiger partial charge in [-0.15, -0.1) is 0 Å². The summed E-state index contributed by atoms with van der Waals surface area (Å²) < 4.78 is 89.0. The van der Waals surface area contributed by atoms with Crippen LogP contribution in [0.15, 0.2) is 65.6 Å². The minimum Gasteiger partial charge on any atom is -0.224 e. The predicted octanol–water partition coefficient (Wildman–Crippen LogP) is 5.22. The lowest BCUT2D eigenvalue weighted by Crippen LogP contribution is -2.04. The van der Waals surface area contributed by atoms with E-state index in [1.54, 1.807) is 0 Å². The number of benzene rings is 2. The number of hydrogen-bond donors (Lipinski definition) is 0. The van der Waals surface area contributed by atoms with E-state index in [1.807, 2.05) is 0 Å². The zero-order chi connectivity index (χ0) is 20.0. The van der Waals surface area contributed by atoms with Gasteiger partial charge in [-0.1, -0.05) is 24.3 Å². The van der Waals surface area contributed by atoms with Crippen LogP contribution in [0.5, 0.6) is 0 Å². The van der Waals surface area contributed by atoms with E-state index in [-0.39, 0.29) is 21.6 Å². The molecule has 0 aromatic heterocycles. The molecule has 8 heteroatoms. The predicted molar refractivity (Wildman–Crippen MR) is 91.9 cm³/mol. The van der Waals surface area contributed by atoms with Crippen LogP contribution in [-0.2, 0) is 16.0 Å². The van der Waals surface area contributed by atoms with Gasteiger partial charge in [0.25, 0.3) is 5.92 Å². The highest BCUT2D eigenvalue weighted by Gasteiger charge is 2.34. The van der Waals surface area contributed by atoms with E-state index in [0.29, 0.717) is 17.7 Å². The second-order valence-electron chi connectivity index (χ2n) is 6.16. The van der Waals surface area contributed by atoms with Crippen molar-refractivity contribution in [1.82, 2.24) is 0 Å². The number of allylic oxidation sites excluding steroid dienone is 4. The quantitative estimate of drug-likeness (QED) is 0.662. The monoisotopic (exact) mass is 400 g/mol. The van der Waals surface area contributed by atoms with E-state index in [1.165, 1.54) is 24.3 Å². The van der Waals surface area contributed by atoms with Crippen molar-refractivity contribution >= 4 is 21.0 Å². The molecular weight excluding hydrogens is 387 g/mol. The van der Waals surface area contributed by atoms with Crippen molar-refractivity contribution in [3.05, 3.63) is 77.4 Å². The third-order valence-corrected chi connectivity index (χ3v) is 5.21. The molecule has 0 bridgehead atoms. The van der Waals surface area contributed by atoms with Gasteiger partial charge in [0.15, 0.2) is 9.84 Å². The van der Waals surface area contributed by atoms with Crippen molar-refractivity contribution in [2.75, 3.05) is 6.26 Å². The van der Waals surface area contributed by atoms with Gasteiger partial charge >= 0.3 is 6.18 Å². The fraction of sp³-hybridized carbons (Fsp3) is 0.158. The van der Waals surface area contributed by atoms with Crippen LogP contribution in [0.2, 0.25) is 0 Å². The van der Waals surface area contributed by atoms with E-state index in [0.717, 1.165) is 30.5 Å². The average molecular weight is 400 g/mol. The second-order valence-corrected chi connectivity index (χ2v) is 8.18. The number of sulfone groups is 1. The van der Waals surface area contributed by atoms with Gasteiger partial charge in [-0.25, -0.2) is 8.42 Å². The first-order chi connectivity index (χ1) is 12.4. The summed E-state index contributed by atoms with van der Waals surface area (Å²) in [5.41, 5.74) is -0.121. The third-order valence-electron chi connectivity index (χ3n) is 4.08. The first-order valence-electron chi connectivity index (χ1n) is 7.69. The summed E-state index contributed by atoms with van der Waals surface area (Å²) in [7, 11) is -3.44. The van der Waals surface area contributed by atoms with E-state index in [9.17, 15) is 30.4 Å². The molecule has 1 aliphatic carbocycles. The fourth-order valence-corrected chi connectivity index (χ4v) is 3.41. The van der Waals surface area contributed by atoms with Crippen molar-refractivity contribution in [1.29, 1.82) is 0 Å². The summed E-state index contributed by atoms with van der Waals surface area (Å²) in [6.45, 7) is 0. The molecule has 2 aromatic rings. The SMILES string of the molecule is CS(=O)(=O)c1ccc(C2=CC(F)(F)C=C2c2ccc(C(F)(F)F)cc2)cc1. The summed E-state index contributed by atoms with van der Waals surface area (Å²) in [6, 6.07) is 9.30. The molecule has 0 aliphatic heterocycles. The van der Waals surface area contributed by atoms with Gasteiger partial charge in [0.1, 0.15) is 0 Å². The lowest BCUT2D eigenvalue weighted by molar-refractivity contribution is -0.137. The highest BCUT2D eigenvalue weighted by molar-refractivity contribution is 7.90. The Morgan fingerprint density at radius 3 is 1.56 bits per heavy atom. The summed E-state index contributed by atoms with van der Waals surface area (Å²) in [4.78, 5) is 0.0386. The lowest BCUT2D eigenvalue weighted by atomic mass is 9.94. The second kappa shape index (κ2) is 6.30. The minimum atomic E-state index is -4.52. The maximum absolute atomic E-state index is 13.9. The van der Waals surface area contributed by atoms with Crippen LogP contribution in [0.25, 0.3) is 11.1 Å². The summed E-state index contributed by atoms with van der Waals surface area (Å²) >= 11 is 0. The molecule has 0 N–H and O–H groups in total. The molecule has 0 spiro atoms. The Bertz CT molecular complexity index is 1030. The normalized spacial score (nSPS) is 16.8. The first kappa shape index (κ1) is 19.3. The van der Waals surface area contributed by atoms with Crippen LogP contribution < -0.4 is 0 Å². The van der Waals surface area contributed by atoms with Gasteiger partial charge in [0.05, 0.1) is 10.5 Å². The van der Waals surface area contributed by atoms with E-state index in [4.69, 9.17) is 0 Å². The topological polar surface area (TPSA) is 34.1 Å². The highest BCUT2D eigenvalue weighted by Crippen LogP contribution is 2.43. The zero-order valence-corrected chi connectivity index (χ0v) is 14.7. The molecule has 0 unspecified atom stereocenters. The zero-order valence-electron chi connectivity index (χ0n) is 13.9. The van der Waals surface area contributed by atoms with Crippen molar-refractivity contribution in [2.45, 2.75) is 17.0 Å². The molecular formula is C19H13F5O2S. The van der Waals surface area contributed by atoms with Crippen molar-refractivity contribution in [3.8, 4) is 0 Å². The summed E-state index contributed by atoms with van der Waals surface area (Å²) in [6.07, 6.45) is -2.12. The molecule has 2 aromatic carbocycles. The van der Waals surface area contributed by atoms with Crippen molar-refractivity contribution in [3.63, 3.8) is 0 Å². The smallest absolute Gasteiger partial charge is 0.224 e. The van der Waals surface area contributed by atoms with Gasteiger partial charge in [0, 0.05) is 6.26 Å². The molecule has 1 aliphatic rings. The van der Waals surface area contributed by atoms with Gasteiger partial charge in [0.2, 0.25) is 0 Å². The van der Waals surface area contributed by atoms with E-state index < -0.39 is 27.5 Å². The number of hydrogen-bond acceptors (Lipinski definition) is 2. The number of halogens is 5. The highest BCUT2D eigenvalue weighted by atomic mass is 32.2. The molecule has 0 saturated heterocycles. The Balaban J connectivity index is 2.01. The van der Waals surface area contributed by atoms with Crippen LogP contribution in [0.1, 0.15) is 16.7 Å². The summed E-state index contributed by atoms with van der Waals surface area (Å²) in [5.74, 6) is -3.26. The van der Waals surface area contributed by atoms with E-state index in [2.05, 4.69) is 0 Å². The molecule has 0 saturated carbocycles. The Hall–Kier alpha value is -2.48. The molecule has 0 atom stereocenters. The minimum absolute atomic E-state index is 0.0386. The number of rotatable bonds is 3. The van der Waals surface area contributed by atoms with Crippen LogP contribution in [0.3, 0.4) is 0 Å². The summed E-state index contributed by atoms with van der Waals surface area (Å²) in [5, 5.41) is 0. The Morgan fingerprint density at radius 2 is 1.19 bits per heavy atom. The average Bonchev–Trinajstić information content (AvgIpc) is 2.89. The molecule has 3 rings (SSSR count). The maximum Gasteiger partial charge on any atom is 0.416 e. The lowest BCUT2D eigenvalue weighted by Gasteiger charge is -2.12. The molecule has 0 fully saturated rings. The maximum atomic E-state index is 13.9. The largest absolute Gasteiger partial charge is 0.416 e. The van der Waals surface area contributed by atoms with Crippen LogP contribution in [-0.4, -0.2) is 20.6 Å². The fourth-order valence-electron chi connectivity index (χ4n) is 2.78. The Morgan fingerprint density at radius 1 is 0.778 bits per heavy atom. The Kier molecular flexibility index (Phi) is 4.50. The van der Waals surface area contributed by atoms with Crippen molar-refractivity contribution in [2.24, 2.45) is 0 Å². The Labute approximate surface area is 152 Å². The molecule has 27 heavy (non-hydrogen) atoms. The van der Waals surface area contributed by atoms with Crippen molar-refractivity contribution < 1.29 is 30.4 Å². The molecule has 2 nitrogen and oxygen atoms in total. The first-order valence-corrected chi connectivity index (χ1v) is 9.58. The third kappa shape index (κ3) is 4.10. The molecule has 0 amide bonds. The van der Waals surface area contributed by atoms with E-state index >= 15 is 0 Å². The molecule has 142 valence electrons. The van der Waals surface area contributed by atoms with Crippen LogP contribution >= 0.6 is 0 Å². The van der Waals surface area contributed by atoms with Gasteiger partial charge < -0.3 is 0 Å². The van der Waals surface area contributed by atoms with Gasteiger partial charge in [-0.3, -0.25) is 0 Å². The van der Waals surface area contributed by atoms with Crippen LogP contribution in [0, 0.1) is 0 Å². The molecule has 0 heterocycles. The molecule has 0 radical (unpaired) electrons.